The molecule has 2 saturated carbocycles. The molecule has 1 saturated heterocycles. The minimum absolute atomic E-state index is 0.112. The maximum atomic E-state index is 13.1. The molecule has 5 aliphatic rings. The average Bonchev–Trinajstić information content (AvgIpc) is 3.39. The Labute approximate surface area is 152 Å². The second-order valence-corrected chi connectivity index (χ2v) is 8.17. The van der Waals surface area contributed by atoms with Gasteiger partial charge < -0.3 is 4.74 Å². The monoisotopic (exact) mass is 351 g/mol. The number of hydrogen-bond acceptors (Lipinski definition) is 4. The second-order valence-electron chi connectivity index (χ2n) is 8.17. The van der Waals surface area contributed by atoms with Crippen LogP contribution in [0.1, 0.15) is 30.6 Å². The summed E-state index contributed by atoms with van der Waals surface area (Å²) in [6.07, 6.45) is 5.24. The van der Waals surface area contributed by atoms with E-state index in [1.807, 2.05) is 0 Å². The fraction of sp³-hybridized carbons (Fsp3) is 0.476. The number of rotatable bonds is 3. The van der Waals surface area contributed by atoms with E-state index in [1.165, 1.54) is 4.90 Å². The van der Waals surface area contributed by atoms with Crippen molar-refractivity contribution in [2.45, 2.75) is 26.4 Å². The van der Waals surface area contributed by atoms with Crippen LogP contribution >= 0.6 is 0 Å². The summed E-state index contributed by atoms with van der Waals surface area (Å²) >= 11 is 0. The third-order valence-corrected chi connectivity index (χ3v) is 6.35. The molecule has 0 unspecified atom stereocenters. The first-order valence-electron chi connectivity index (χ1n) is 9.34. The SMILES string of the molecule is CC(C)OC(=O)c1cccc(N2C(=O)[C@@H]3[C@H]4C=C[C@@H]([C@@H]5C[C@@H]45)[C@@H]3C2=O)c1. The molecule has 6 rings (SSSR count). The van der Waals surface area contributed by atoms with Gasteiger partial charge in [-0.05, 0) is 62.1 Å². The van der Waals surface area contributed by atoms with E-state index >= 15 is 0 Å². The number of carbonyl (C=O) groups excluding carboxylic acids is 3. The molecule has 0 aromatic heterocycles. The van der Waals surface area contributed by atoms with Crippen LogP contribution in [0.15, 0.2) is 36.4 Å². The van der Waals surface area contributed by atoms with E-state index in [0.717, 1.165) is 6.42 Å². The van der Waals surface area contributed by atoms with Crippen LogP contribution in [0.4, 0.5) is 5.69 Å². The number of imide groups is 1. The molecule has 1 aliphatic heterocycles. The Hall–Kier alpha value is -2.43. The summed E-state index contributed by atoms with van der Waals surface area (Å²) < 4.78 is 5.23. The Bertz CT molecular complexity index is 821. The number of carbonyl (C=O) groups is 3. The highest BCUT2D eigenvalue weighted by molar-refractivity contribution is 6.22. The van der Waals surface area contributed by atoms with Crippen molar-refractivity contribution in [1.29, 1.82) is 0 Å². The number of anilines is 1. The highest BCUT2D eigenvalue weighted by Crippen LogP contribution is 2.65. The molecule has 134 valence electrons. The fourth-order valence-electron chi connectivity index (χ4n) is 5.27. The zero-order valence-corrected chi connectivity index (χ0v) is 14.8. The summed E-state index contributed by atoms with van der Waals surface area (Å²) in [6.45, 7) is 3.57. The lowest BCUT2D eigenvalue weighted by molar-refractivity contribution is -0.124. The molecule has 5 heteroatoms. The predicted octanol–water partition coefficient (Wildman–Crippen LogP) is 2.81. The van der Waals surface area contributed by atoms with Gasteiger partial charge in [-0.1, -0.05) is 18.2 Å². The van der Waals surface area contributed by atoms with Gasteiger partial charge in [-0.25, -0.2) is 9.69 Å². The molecule has 0 spiro atoms. The van der Waals surface area contributed by atoms with Crippen LogP contribution in [0, 0.1) is 35.5 Å². The van der Waals surface area contributed by atoms with Gasteiger partial charge in [-0.3, -0.25) is 9.59 Å². The maximum absolute atomic E-state index is 13.1. The highest BCUT2D eigenvalue weighted by Gasteiger charge is 2.67. The quantitative estimate of drug-likeness (QED) is 0.477. The van der Waals surface area contributed by atoms with Crippen LogP contribution in [0.5, 0.6) is 0 Å². The zero-order chi connectivity index (χ0) is 18.2. The molecule has 1 aromatic rings. The molecular formula is C21H21NO4. The molecule has 2 bridgehead atoms. The van der Waals surface area contributed by atoms with Crippen LogP contribution < -0.4 is 4.90 Å². The molecule has 5 nitrogen and oxygen atoms in total. The topological polar surface area (TPSA) is 63.7 Å². The molecule has 6 atom stereocenters. The maximum Gasteiger partial charge on any atom is 0.338 e. The van der Waals surface area contributed by atoms with Gasteiger partial charge in [0, 0.05) is 0 Å². The number of ether oxygens (including phenoxy) is 1. The van der Waals surface area contributed by atoms with Gasteiger partial charge in [0.05, 0.1) is 29.2 Å². The van der Waals surface area contributed by atoms with Crippen molar-refractivity contribution in [3.8, 4) is 0 Å². The van der Waals surface area contributed by atoms with Gasteiger partial charge in [-0.2, -0.15) is 0 Å². The van der Waals surface area contributed by atoms with E-state index in [0.29, 0.717) is 23.1 Å². The van der Waals surface area contributed by atoms with Gasteiger partial charge >= 0.3 is 5.97 Å². The molecule has 1 heterocycles. The van der Waals surface area contributed by atoms with Crippen molar-refractivity contribution in [2.75, 3.05) is 4.90 Å². The molecule has 2 amide bonds. The first-order valence-corrected chi connectivity index (χ1v) is 9.34. The van der Waals surface area contributed by atoms with Crippen LogP contribution in [0.25, 0.3) is 0 Å². The molecule has 26 heavy (non-hydrogen) atoms. The summed E-state index contributed by atoms with van der Waals surface area (Å²) in [5.41, 5.74) is 0.830. The van der Waals surface area contributed by atoms with Crippen LogP contribution in [-0.2, 0) is 14.3 Å². The smallest absolute Gasteiger partial charge is 0.338 e. The zero-order valence-electron chi connectivity index (χ0n) is 14.8. The predicted molar refractivity (Wildman–Crippen MR) is 94.2 cm³/mol. The molecular weight excluding hydrogens is 330 g/mol. The van der Waals surface area contributed by atoms with Gasteiger partial charge in [-0.15, -0.1) is 0 Å². The number of esters is 1. The largest absolute Gasteiger partial charge is 0.459 e. The van der Waals surface area contributed by atoms with Crippen molar-refractivity contribution >= 4 is 23.5 Å². The first kappa shape index (κ1) is 15.8. The van der Waals surface area contributed by atoms with Gasteiger partial charge in [0.25, 0.3) is 0 Å². The van der Waals surface area contributed by atoms with E-state index in [-0.39, 0.29) is 41.6 Å². The van der Waals surface area contributed by atoms with Gasteiger partial charge in [0.15, 0.2) is 0 Å². The van der Waals surface area contributed by atoms with Crippen molar-refractivity contribution in [2.24, 2.45) is 35.5 Å². The van der Waals surface area contributed by atoms with E-state index in [2.05, 4.69) is 12.2 Å². The summed E-state index contributed by atoms with van der Waals surface area (Å²) in [5.74, 6) is 0.432. The van der Waals surface area contributed by atoms with Crippen molar-refractivity contribution in [3.05, 3.63) is 42.0 Å². The summed E-state index contributed by atoms with van der Waals surface area (Å²) in [7, 11) is 0. The normalized spacial score (nSPS) is 36.3. The Morgan fingerprint density at radius 1 is 1.08 bits per heavy atom. The standard InChI is InChI=1S/C21H21NO4/c1-10(2)26-21(25)11-4-3-5-12(8-11)22-19(23)17-13-6-7-14(16-9-15(13)16)18(17)20(22)24/h3-8,10,13-18H,9H2,1-2H3/t13-,14-,15-,16-,17-,18+/m0/s1. The Kier molecular flexibility index (Phi) is 3.21. The molecule has 1 aromatic carbocycles. The minimum Gasteiger partial charge on any atom is -0.459 e. The first-order chi connectivity index (χ1) is 12.5. The lowest BCUT2D eigenvalue weighted by atomic mass is 9.63. The number of nitrogens with zero attached hydrogens (tertiary/aromatic N) is 1. The Morgan fingerprint density at radius 2 is 1.69 bits per heavy atom. The van der Waals surface area contributed by atoms with E-state index in [4.69, 9.17) is 4.74 Å². The minimum atomic E-state index is -0.443. The van der Waals surface area contributed by atoms with Crippen molar-refractivity contribution < 1.29 is 19.1 Å². The molecule has 0 radical (unpaired) electrons. The molecule has 0 N–H and O–H groups in total. The number of benzene rings is 1. The van der Waals surface area contributed by atoms with Crippen LogP contribution in [0.3, 0.4) is 0 Å². The lowest BCUT2D eigenvalue weighted by Gasteiger charge is -2.37. The highest BCUT2D eigenvalue weighted by atomic mass is 16.5. The third-order valence-electron chi connectivity index (χ3n) is 6.35. The number of allylic oxidation sites excluding steroid dienone is 2. The van der Waals surface area contributed by atoms with Crippen molar-refractivity contribution in [1.82, 2.24) is 0 Å². The fourth-order valence-corrected chi connectivity index (χ4v) is 5.27. The Balaban J connectivity index is 1.48. The van der Waals surface area contributed by atoms with E-state index < -0.39 is 5.97 Å². The number of hydrogen-bond donors (Lipinski definition) is 0. The summed E-state index contributed by atoms with van der Waals surface area (Å²) in [5, 5.41) is 0. The van der Waals surface area contributed by atoms with E-state index in [9.17, 15) is 14.4 Å². The lowest BCUT2D eigenvalue weighted by Crippen LogP contribution is -2.40. The third kappa shape index (κ3) is 2.06. The van der Waals surface area contributed by atoms with Gasteiger partial charge in [0.2, 0.25) is 11.8 Å². The van der Waals surface area contributed by atoms with Crippen LogP contribution in [0.2, 0.25) is 0 Å². The molecule has 4 aliphatic carbocycles. The average molecular weight is 351 g/mol. The Morgan fingerprint density at radius 3 is 2.27 bits per heavy atom. The summed E-state index contributed by atoms with van der Waals surface area (Å²) in [4.78, 5) is 39.7. The van der Waals surface area contributed by atoms with E-state index in [1.54, 1.807) is 38.1 Å². The van der Waals surface area contributed by atoms with Crippen molar-refractivity contribution in [3.63, 3.8) is 0 Å². The second kappa shape index (κ2) is 5.29. The number of amides is 2. The summed E-state index contributed by atoms with van der Waals surface area (Å²) in [6, 6.07) is 6.65. The van der Waals surface area contributed by atoms with Gasteiger partial charge in [0.1, 0.15) is 0 Å². The molecule has 3 fully saturated rings. The van der Waals surface area contributed by atoms with Crippen LogP contribution in [-0.4, -0.2) is 23.9 Å².